The van der Waals surface area contributed by atoms with E-state index in [0.29, 0.717) is 36.4 Å². The van der Waals surface area contributed by atoms with Gasteiger partial charge >= 0.3 is 11.9 Å². The number of fused-ring (bicyclic) bond motifs is 7. The zero-order valence-corrected chi connectivity index (χ0v) is 34.9. The van der Waals surface area contributed by atoms with Crippen molar-refractivity contribution in [2.75, 3.05) is 13.6 Å². The molecule has 1 aromatic rings. The predicted molar refractivity (Wildman–Crippen MR) is 209 cm³/mol. The second kappa shape index (κ2) is 13.8. The largest absolute Gasteiger partial charge is 0.481 e. The number of aliphatic carboxylic acids is 1. The van der Waals surface area contributed by atoms with Crippen LogP contribution in [0, 0.1) is 56.2 Å². The van der Waals surface area contributed by atoms with Crippen molar-refractivity contribution in [3.05, 3.63) is 46.0 Å². The first-order valence-corrected chi connectivity index (χ1v) is 20.7. The monoisotopic (exact) mass is 751 g/mol. The molecule has 0 bridgehead atoms. The number of likely N-dealkylation sites (N-methyl/N-ethyl adjacent to an activating group) is 1. The van der Waals surface area contributed by atoms with Gasteiger partial charge in [-0.3, -0.25) is 19.3 Å². The molecule has 2 N–H and O–H groups in total. The number of carbonyl (C=O) groups excluding carboxylic acids is 2. The third-order valence-electron chi connectivity index (χ3n) is 16.4. The highest BCUT2D eigenvalue weighted by Crippen LogP contribution is 2.77. The Morgan fingerprint density at radius 1 is 0.943 bits per heavy atom. The number of nitrogens with zero attached hydrogens (tertiary/aromatic N) is 1. The minimum atomic E-state index is -1.17. The number of allylic oxidation sites excluding steroid dienone is 1. The predicted octanol–water partition coefficient (Wildman–Crippen LogP) is 9.53. The Bertz CT molecular complexity index is 1650. The highest BCUT2D eigenvalue weighted by Gasteiger charge is 2.70. The number of benzene rings is 1. The molecule has 0 aromatic heterocycles. The van der Waals surface area contributed by atoms with Crippen LogP contribution in [0.1, 0.15) is 132 Å². The third kappa shape index (κ3) is 6.45. The van der Waals surface area contributed by atoms with Crippen LogP contribution in [0.3, 0.4) is 0 Å². The van der Waals surface area contributed by atoms with Gasteiger partial charge in [0.15, 0.2) is 5.78 Å². The van der Waals surface area contributed by atoms with Gasteiger partial charge in [0.25, 0.3) is 0 Å². The van der Waals surface area contributed by atoms with Gasteiger partial charge in [-0.1, -0.05) is 77.8 Å². The van der Waals surface area contributed by atoms with Gasteiger partial charge in [0.1, 0.15) is 6.10 Å². The molecule has 53 heavy (non-hydrogen) atoms. The SMILES string of the molecule is CC(C)C1=C2[C@H]3CC[C@@H]4[C@@]5(C)CC[C@H](OC(=O)CC(C)(C)C(=O)O)C(C)(C)[C@@H]5CC[C@@]4(C)[C@]3(C)CC[C@]2([C@@H](O)CN(C)Cc2ccc(Cl)cc2)CC1=O. The maximum atomic E-state index is 14.1. The van der Waals surface area contributed by atoms with E-state index < -0.39 is 28.9 Å². The van der Waals surface area contributed by atoms with Crippen LogP contribution in [0.5, 0.6) is 0 Å². The zero-order chi connectivity index (χ0) is 39.1. The standard InChI is InChI=1S/C45H66ClNO6/c1-27(2)37-31(48)23-45(34(49)26-47(10)25-28-11-13-29(46)14-12-28)22-21-43(8)30(38(37)45)15-16-33-42(7)19-18-35(53-36(50)24-40(3,4)39(51)52)41(5,6)32(42)17-20-44(33,43)9/h11-14,27,30,32-35,49H,15-26H2,1-10H3,(H,51,52)/t30-,32+,33-,34+,35+,42+,43-,44-,45-/m1/s1. The molecule has 9 atom stereocenters. The van der Waals surface area contributed by atoms with Crippen LogP contribution >= 0.6 is 11.6 Å². The Balaban J connectivity index is 1.27. The first-order chi connectivity index (χ1) is 24.5. The Morgan fingerprint density at radius 3 is 2.23 bits per heavy atom. The normalized spacial score (nSPS) is 37.1. The number of ketones is 1. The van der Waals surface area contributed by atoms with E-state index >= 15 is 0 Å². The fourth-order valence-corrected chi connectivity index (χ4v) is 13.5. The molecule has 7 nitrogen and oxygen atoms in total. The first-order valence-electron chi connectivity index (χ1n) is 20.4. The average molecular weight is 752 g/mol. The molecule has 6 rings (SSSR count). The Kier molecular flexibility index (Phi) is 10.5. The molecule has 0 heterocycles. The average Bonchev–Trinajstić information content (AvgIpc) is 3.37. The van der Waals surface area contributed by atoms with Gasteiger partial charge in [0.2, 0.25) is 0 Å². The minimum Gasteiger partial charge on any atom is -0.481 e. The molecule has 0 saturated heterocycles. The second-order valence-corrected chi connectivity index (χ2v) is 20.8. The van der Waals surface area contributed by atoms with Crippen LogP contribution in [0.25, 0.3) is 0 Å². The van der Waals surface area contributed by atoms with Gasteiger partial charge in [0, 0.05) is 35.4 Å². The third-order valence-corrected chi connectivity index (χ3v) is 16.6. The van der Waals surface area contributed by atoms with Crippen LogP contribution in [0.15, 0.2) is 35.4 Å². The van der Waals surface area contributed by atoms with Crippen LogP contribution in [-0.4, -0.2) is 58.6 Å². The van der Waals surface area contributed by atoms with Gasteiger partial charge in [-0.25, -0.2) is 0 Å². The molecule has 5 aliphatic carbocycles. The summed E-state index contributed by atoms with van der Waals surface area (Å²) in [7, 11) is 2.06. The molecule has 4 saturated carbocycles. The lowest BCUT2D eigenvalue weighted by atomic mass is 9.33. The van der Waals surface area contributed by atoms with Gasteiger partial charge in [-0.05, 0) is 135 Å². The molecule has 5 aliphatic rings. The molecule has 0 amide bonds. The lowest BCUT2D eigenvalue weighted by molar-refractivity contribution is -0.235. The summed E-state index contributed by atoms with van der Waals surface area (Å²) in [6.45, 7) is 20.9. The van der Waals surface area contributed by atoms with E-state index in [-0.39, 0.29) is 51.8 Å². The van der Waals surface area contributed by atoms with Crippen molar-refractivity contribution in [2.24, 2.45) is 56.2 Å². The number of ether oxygens (including phenoxy) is 1. The van der Waals surface area contributed by atoms with E-state index in [0.717, 1.165) is 62.5 Å². The first kappa shape index (κ1) is 40.4. The molecule has 0 aliphatic heterocycles. The maximum Gasteiger partial charge on any atom is 0.309 e. The van der Waals surface area contributed by atoms with Crippen molar-refractivity contribution in [3.8, 4) is 0 Å². The lowest BCUT2D eigenvalue weighted by Crippen LogP contribution is -2.66. The molecule has 4 fully saturated rings. The number of esters is 1. The summed E-state index contributed by atoms with van der Waals surface area (Å²) in [6.07, 6.45) is 7.21. The molecule has 0 spiro atoms. The Labute approximate surface area is 323 Å². The summed E-state index contributed by atoms with van der Waals surface area (Å²) in [4.78, 5) is 41.2. The van der Waals surface area contributed by atoms with Crippen molar-refractivity contribution in [1.29, 1.82) is 0 Å². The number of aliphatic hydroxyl groups is 1. The summed E-state index contributed by atoms with van der Waals surface area (Å²) in [6, 6.07) is 7.89. The number of carbonyl (C=O) groups is 3. The van der Waals surface area contributed by atoms with Crippen molar-refractivity contribution in [3.63, 3.8) is 0 Å². The number of aliphatic hydroxyl groups excluding tert-OH is 1. The summed E-state index contributed by atoms with van der Waals surface area (Å²) >= 11 is 6.15. The molecule has 294 valence electrons. The van der Waals surface area contributed by atoms with Gasteiger partial charge < -0.3 is 14.9 Å². The molecular formula is C45H66ClNO6. The smallest absolute Gasteiger partial charge is 0.309 e. The van der Waals surface area contributed by atoms with Crippen LogP contribution in [0.2, 0.25) is 5.02 Å². The molecule has 0 radical (unpaired) electrons. The summed E-state index contributed by atoms with van der Waals surface area (Å²) in [5, 5.41) is 22.7. The topological polar surface area (TPSA) is 104 Å². The molecule has 0 unspecified atom stereocenters. The fourth-order valence-electron chi connectivity index (χ4n) is 13.3. The van der Waals surface area contributed by atoms with Crippen LogP contribution in [0.4, 0.5) is 0 Å². The van der Waals surface area contributed by atoms with Gasteiger partial charge in [-0.15, -0.1) is 0 Å². The Hall–Kier alpha value is -2.22. The van der Waals surface area contributed by atoms with Crippen molar-refractivity contribution in [1.82, 2.24) is 4.90 Å². The fraction of sp³-hybridized carbons (Fsp3) is 0.756. The second-order valence-electron chi connectivity index (χ2n) is 20.4. The van der Waals surface area contributed by atoms with Gasteiger partial charge in [0.05, 0.1) is 17.9 Å². The van der Waals surface area contributed by atoms with E-state index in [1.165, 1.54) is 5.57 Å². The van der Waals surface area contributed by atoms with Crippen molar-refractivity contribution < 1.29 is 29.3 Å². The number of hydrogen-bond donors (Lipinski definition) is 2. The summed E-state index contributed by atoms with van der Waals surface area (Å²) < 4.78 is 6.17. The van der Waals surface area contributed by atoms with Crippen molar-refractivity contribution in [2.45, 2.75) is 145 Å². The maximum absolute atomic E-state index is 14.1. The highest BCUT2D eigenvalue weighted by molar-refractivity contribution is 6.30. The van der Waals surface area contributed by atoms with E-state index in [4.69, 9.17) is 16.3 Å². The van der Waals surface area contributed by atoms with Gasteiger partial charge in [-0.2, -0.15) is 0 Å². The number of halogens is 1. The zero-order valence-electron chi connectivity index (χ0n) is 34.1. The number of rotatable bonds is 10. The highest BCUT2D eigenvalue weighted by atomic mass is 35.5. The molecule has 8 heteroatoms. The summed E-state index contributed by atoms with van der Waals surface area (Å²) in [5.74, 6) is 0.0429. The number of Topliss-reactive ketones (excluding diaryl/α,β-unsaturated/α-hetero) is 1. The minimum absolute atomic E-state index is 0.0156. The number of hydrogen-bond acceptors (Lipinski definition) is 6. The molecule has 1 aromatic carbocycles. The lowest BCUT2D eigenvalue weighted by Gasteiger charge is -2.72. The number of carboxylic acid groups (broad SMARTS) is 1. The van der Waals surface area contributed by atoms with Crippen LogP contribution in [-0.2, 0) is 25.7 Å². The van der Waals surface area contributed by atoms with E-state index in [9.17, 15) is 24.6 Å². The van der Waals surface area contributed by atoms with E-state index in [2.05, 4.69) is 60.4 Å². The van der Waals surface area contributed by atoms with Crippen molar-refractivity contribution >= 4 is 29.3 Å². The summed E-state index contributed by atoms with van der Waals surface area (Å²) in [5.41, 5.74) is 1.60. The van der Waals surface area contributed by atoms with E-state index in [1.807, 2.05) is 24.3 Å². The van der Waals surface area contributed by atoms with E-state index in [1.54, 1.807) is 13.8 Å². The molecular weight excluding hydrogens is 686 g/mol. The Morgan fingerprint density at radius 2 is 1.60 bits per heavy atom. The quantitative estimate of drug-likeness (QED) is 0.230. The van der Waals surface area contributed by atoms with Crippen LogP contribution < -0.4 is 0 Å². The number of carboxylic acids is 1.